The van der Waals surface area contributed by atoms with Crippen LogP contribution in [0.15, 0.2) is 0 Å². The van der Waals surface area contributed by atoms with E-state index in [4.69, 9.17) is 0 Å². The predicted octanol–water partition coefficient (Wildman–Crippen LogP) is -0.564. The van der Waals surface area contributed by atoms with E-state index in [-0.39, 0.29) is 24.3 Å². The number of nitrogens with zero attached hydrogens (tertiary/aromatic N) is 1. The summed E-state index contributed by atoms with van der Waals surface area (Å²) in [5.41, 5.74) is 0. The fourth-order valence-electron chi connectivity index (χ4n) is 1.44. The first kappa shape index (κ1) is 13.0. The molecule has 0 aromatic carbocycles. The van der Waals surface area contributed by atoms with Gasteiger partial charge >= 0.3 is 0 Å². The monoisotopic (exact) mass is 227 g/mol. The minimum Gasteiger partial charge on any atom is -0.354 e. The van der Waals surface area contributed by atoms with E-state index in [2.05, 4.69) is 10.6 Å². The van der Waals surface area contributed by atoms with Crippen molar-refractivity contribution >= 4 is 11.8 Å². The minimum absolute atomic E-state index is 0.0541. The summed E-state index contributed by atoms with van der Waals surface area (Å²) >= 11 is 0. The molecule has 0 radical (unpaired) electrons. The van der Waals surface area contributed by atoms with Crippen molar-refractivity contribution in [3.63, 3.8) is 0 Å². The zero-order chi connectivity index (χ0) is 12.1. The Bertz CT molecular complexity index is 262. The zero-order valence-electron chi connectivity index (χ0n) is 10.2. The van der Waals surface area contributed by atoms with E-state index in [1.165, 1.54) is 4.90 Å². The van der Waals surface area contributed by atoms with Crippen molar-refractivity contribution < 1.29 is 9.59 Å². The summed E-state index contributed by atoms with van der Waals surface area (Å²) in [6.07, 6.45) is 0. The minimum atomic E-state index is -0.0863. The number of carbonyl (C=O) groups excluding carboxylic acids is 2. The number of hydrogen-bond acceptors (Lipinski definition) is 3. The Labute approximate surface area is 96.6 Å². The highest BCUT2D eigenvalue weighted by Crippen LogP contribution is 2.06. The van der Waals surface area contributed by atoms with Crippen molar-refractivity contribution in [3.05, 3.63) is 0 Å². The van der Waals surface area contributed by atoms with Gasteiger partial charge in [0, 0.05) is 26.7 Å². The van der Waals surface area contributed by atoms with Crippen LogP contribution in [0.1, 0.15) is 13.8 Å². The summed E-state index contributed by atoms with van der Waals surface area (Å²) in [6, 6.07) is 0. The maximum atomic E-state index is 11.7. The van der Waals surface area contributed by atoms with E-state index in [0.717, 1.165) is 13.1 Å². The second kappa shape index (κ2) is 5.84. The van der Waals surface area contributed by atoms with Crippen LogP contribution in [0.4, 0.5) is 0 Å². The van der Waals surface area contributed by atoms with Gasteiger partial charge in [0.05, 0.1) is 12.5 Å². The molecule has 1 aliphatic heterocycles. The summed E-state index contributed by atoms with van der Waals surface area (Å²) in [7, 11) is 1.68. The molecule has 0 bridgehead atoms. The average Bonchev–Trinajstić information content (AvgIpc) is 2.11. The summed E-state index contributed by atoms with van der Waals surface area (Å²) in [5.74, 6) is 0.457. The Morgan fingerprint density at radius 2 is 2.06 bits per heavy atom. The molecule has 0 unspecified atom stereocenters. The third-order valence-corrected chi connectivity index (χ3v) is 2.60. The molecule has 2 N–H and O–H groups in total. The molecule has 0 spiro atoms. The van der Waals surface area contributed by atoms with Gasteiger partial charge in [0.25, 0.3) is 0 Å². The molecular formula is C11H21N3O2. The standard InChI is InChI=1S/C11H21N3O2/c1-8(2)4-13-10(15)7-14(3)11(16)9-5-12-6-9/h8-9,12H,4-7H2,1-3H3,(H,13,15). The highest BCUT2D eigenvalue weighted by molar-refractivity contribution is 5.86. The maximum Gasteiger partial charge on any atom is 0.239 e. The number of likely N-dealkylation sites (N-methyl/N-ethyl adjacent to an activating group) is 1. The van der Waals surface area contributed by atoms with Crippen LogP contribution in [0.3, 0.4) is 0 Å². The number of nitrogens with one attached hydrogen (secondary N) is 2. The first-order valence-electron chi connectivity index (χ1n) is 5.73. The number of amides is 2. The average molecular weight is 227 g/mol. The second-order valence-electron chi connectivity index (χ2n) is 4.75. The lowest BCUT2D eigenvalue weighted by Gasteiger charge is -2.30. The van der Waals surface area contributed by atoms with Crippen LogP contribution in [0.5, 0.6) is 0 Å². The molecule has 1 fully saturated rings. The van der Waals surface area contributed by atoms with Crippen LogP contribution in [-0.2, 0) is 9.59 Å². The third kappa shape index (κ3) is 3.81. The number of hydrogen-bond donors (Lipinski definition) is 2. The SMILES string of the molecule is CC(C)CNC(=O)CN(C)C(=O)C1CNC1. The van der Waals surface area contributed by atoms with Crippen LogP contribution in [0.2, 0.25) is 0 Å². The molecule has 0 atom stereocenters. The van der Waals surface area contributed by atoms with Crippen LogP contribution in [-0.4, -0.2) is 49.9 Å². The van der Waals surface area contributed by atoms with Crippen molar-refractivity contribution in [1.29, 1.82) is 0 Å². The topological polar surface area (TPSA) is 61.4 Å². The smallest absolute Gasteiger partial charge is 0.239 e. The first-order chi connectivity index (χ1) is 7.50. The van der Waals surface area contributed by atoms with Gasteiger partial charge in [0.1, 0.15) is 0 Å². The summed E-state index contributed by atoms with van der Waals surface area (Å²) < 4.78 is 0. The van der Waals surface area contributed by atoms with Crippen molar-refractivity contribution in [2.24, 2.45) is 11.8 Å². The Balaban J connectivity index is 2.24. The second-order valence-corrected chi connectivity index (χ2v) is 4.75. The Kier molecular flexibility index (Phi) is 4.73. The highest BCUT2D eigenvalue weighted by atomic mass is 16.2. The lowest BCUT2D eigenvalue weighted by molar-refractivity contribution is -0.139. The first-order valence-corrected chi connectivity index (χ1v) is 5.73. The predicted molar refractivity (Wildman–Crippen MR) is 61.8 cm³/mol. The third-order valence-electron chi connectivity index (χ3n) is 2.60. The number of carbonyl (C=O) groups is 2. The van der Waals surface area contributed by atoms with Crippen LogP contribution in [0, 0.1) is 11.8 Å². The summed E-state index contributed by atoms with van der Waals surface area (Å²) in [4.78, 5) is 24.7. The molecule has 92 valence electrons. The summed E-state index contributed by atoms with van der Waals surface area (Å²) in [6.45, 7) is 6.35. The Morgan fingerprint density at radius 3 is 2.50 bits per heavy atom. The zero-order valence-corrected chi connectivity index (χ0v) is 10.2. The quantitative estimate of drug-likeness (QED) is 0.661. The molecule has 2 amide bonds. The largest absolute Gasteiger partial charge is 0.354 e. The molecule has 0 saturated carbocycles. The van der Waals surface area contributed by atoms with Crippen LogP contribution < -0.4 is 10.6 Å². The van der Waals surface area contributed by atoms with Crippen molar-refractivity contribution in [3.8, 4) is 0 Å². The molecule has 0 aromatic rings. The molecular weight excluding hydrogens is 206 g/mol. The lowest BCUT2D eigenvalue weighted by Crippen LogP contribution is -2.52. The highest BCUT2D eigenvalue weighted by Gasteiger charge is 2.28. The van der Waals surface area contributed by atoms with Gasteiger partial charge in [-0.1, -0.05) is 13.8 Å². The Hall–Kier alpha value is -1.10. The van der Waals surface area contributed by atoms with E-state index in [0.29, 0.717) is 12.5 Å². The van der Waals surface area contributed by atoms with Gasteiger partial charge in [0.15, 0.2) is 0 Å². The molecule has 16 heavy (non-hydrogen) atoms. The van der Waals surface area contributed by atoms with Gasteiger partial charge in [-0.25, -0.2) is 0 Å². The molecule has 5 heteroatoms. The van der Waals surface area contributed by atoms with Crippen LogP contribution in [0.25, 0.3) is 0 Å². The molecule has 1 rings (SSSR count). The molecule has 1 heterocycles. The van der Waals surface area contributed by atoms with Gasteiger partial charge in [-0.15, -0.1) is 0 Å². The molecule has 0 aliphatic carbocycles. The molecule has 1 saturated heterocycles. The van der Waals surface area contributed by atoms with Gasteiger partial charge in [0.2, 0.25) is 11.8 Å². The van der Waals surface area contributed by atoms with E-state index < -0.39 is 0 Å². The fourth-order valence-corrected chi connectivity index (χ4v) is 1.44. The fraction of sp³-hybridized carbons (Fsp3) is 0.818. The van der Waals surface area contributed by atoms with Gasteiger partial charge in [-0.3, -0.25) is 9.59 Å². The molecule has 1 aliphatic rings. The van der Waals surface area contributed by atoms with Gasteiger partial charge in [-0.05, 0) is 5.92 Å². The van der Waals surface area contributed by atoms with E-state index in [9.17, 15) is 9.59 Å². The van der Waals surface area contributed by atoms with E-state index in [1.807, 2.05) is 13.8 Å². The Morgan fingerprint density at radius 1 is 1.44 bits per heavy atom. The van der Waals surface area contributed by atoms with E-state index >= 15 is 0 Å². The maximum absolute atomic E-state index is 11.7. The van der Waals surface area contributed by atoms with Gasteiger partial charge in [-0.2, -0.15) is 0 Å². The van der Waals surface area contributed by atoms with Crippen molar-refractivity contribution in [1.82, 2.24) is 15.5 Å². The van der Waals surface area contributed by atoms with Crippen LogP contribution >= 0.6 is 0 Å². The molecule has 5 nitrogen and oxygen atoms in total. The van der Waals surface area contributed by atoms with Gasteiger partial charge < -0.3 is 15.5 Å². The number of rotatable bonds is 5. The van der Waals surface area contributed by atoms with Crippen molar-refractivity contribution in [2.75, 3.05) is 33.2 Å². The normalized spacial score (nSPS) is 15.8. The molecule has 0 aromatic heterocycles. The lowest BCUT2D eigenvalue weighted by atomic mass is 10.0. The van der Waals surface area contributed by atoms with E-state index in [1.54, 1.807) is 7.05 Å². The van der Waals surface area contributed by atoms with Crippen molar-refractivity contribution in [2.45, 2.75) is 13.8 Å². The summed E-state index contributed by atoms with van der Waals surface area (Å²) in [5, 5.41) is 5.84.